The van der Waals surface area contributed by atoms with Crippen molar-refractivity contribution in [1.82, 2.24) is 0 Å². The molecule has 1 atom stereocenters. The lowest BCUT2D eigenvalue weighted by molar-refractivity contribution is -0.139. The highest BCUT2D eigenvalue weighted by molar-refractivity contribution is 6.42. The van der Waals surface area contributed by atoms with E-state index in [1.54, 1.807) is 24.3 Å². The van der Waals surface area contributed by atoms with E-state index in [9.17, 15) is 14.4 Å². The first-order chi connectivity index (χ1) is 10.7. The lowest BCUT2D eigenvalue weighted by Gasteiger charge is -2.18. The van der Waals surface area contributed by atoms with Gasteiger partial charge in [-0.2, -0.15) is 0 Å². The van der Waals surface area contributed by atoms with E-state index in [1.807, 2.05) is 6.07 Å². The van der Waals surface area contributed by atoms with Crippen LogP contribution in [-0.4, -0.2) is 17.3 Å². The van der Waals surface area contributed by atoms with Gasteiger partial charge >= 0.3 is 0 Å². The molecule has 0 N–H and O–H groups in total. The fourth-order valence-corrected chi connectivity index (χ4v) is 2.73. The number of hydrogen-bond donors (Lipinski definition) is 0. The van der Waals surface area contributed by atoms with Gasteiger partial charge in [0.05, 0.1) is 5.92 Å². The Kier molecular flexibility index (Phi) is 6.26. The molecule has 1 saturated carbocycles. The van der Waals surface area contributed by atoms with Gasteiger partial charge in [-0.05, 0) is 38.5 Å². The summed E-state index contributed by atoms with van der Waals surface area (Å²) in [5, 5.41) is 0. The summed E-state index contributed by atoms with van der Waals surface area (Å²) in [6.45, 7) is 0. The first-order valence-corrected chi connectivity index (χ1v) is 8.01. The number of hydrogen-bond acceptors (Lipinski definition) is 3. The Morgan fingerprint density at radius 3 is 2.09 bits per heavy atom. The number of carbonyl (C=O) groups excluding carboxylic acids is 3. The molecule has 0 aromatic heterocycles. The van der Waals surface area contributed by atoms with Crippen LogP contribution in [0.25, 0.3) is 0 Å². The molecule has 1 aromatic carbocycles. The van der Waals surface area contributed by atoms with Gasteiger partial charge in [-0.15, -0.1) is 0 Å². The molecule has 22 heavy (non-hydrogen) atoms. The van der Waals surface area contributed by atoms with Gasteiger partial charge in [-0.1, -0.05) is 42.5 Å². The van der Waals surface area contributed by atoms with E-state index >= 15 is 0 Å². The van der Waals surface area contributed by atoms with Crippen molar-refractivity contribution in [3.05, 3.63) is 48.0 Å². The van der Waals surface area contributed by atoms with Crippen LogP contribution in [0.1, 0.15) is 55.3 Å². The van der Waals surface area contributed by atoms with E-state index in [2.05, 4.69) is 12.2 Å². The lowest BCUT2D eigenvalue weighted by Crippen LogP contribution is -2.34. The second-order valence-corrected chi connectivity index (χ2v) is 5.72. The monoisotopic (exact) mass is 298 g/mol. The van der Waals surface area contributed by atoms with Gasteiger partial charge in [0.25, 0.3) is 0 Å². The van der Waals surface area contributed by atoms with E-state index < -0.39 is 17.5 Å². The molecule has 0 bridgehead atoms. The van der Waals surface area contributed by atoms with Crippen LogP contribution in [0.5, 0.6) is 0 Å². The van der Waals surface area contributed by atoms with E-state index in [1.165, 1.54) is 25.7 Å². The summed E-state index contributed by atoms with van der Waals surface area (Å²) >= 11 is 0. The number of carbonyl (C=O) groups is 3. The Morgan fingerprint density at radius 2 is 1.55 bits per heavy atom. The molecule has 3 heteroatoms. The van der Waals surface area contributed by atoms with Crippen LogP contribution in [0, 0.1) is 5.92 Å². The van der Waals surface area contributed by atoms with Crippen LogP contribution in [0.15, 0.2) is 42.5 Å². The minimum absolute atomic E-state index is 0.223. The molecule has 3 rings (SSSR count). The fraction of sp³-hybridized carbons (Fsp3) is 0.421. The Morgan fingerprint density at radius 1 is 0.909 bits per heavy atom. The smallest absolute Gasteiger partial charge is 0.209 e. The third kappa shape index (κ3) is 4.48. The SMILES string of the molecule is C1=CCCCC1.O=C1CCCC(C(=O)c2ccccc2)C1=O. The van der Waals surface area contributed by atoms with Crippen molar-refractivity contribution in [2.24, 2.45) is 5.92 Å². The van der Waals surface area contributed by atoms with Crippen LogP contribution < -0.4 is 0 Å². The maximum Gasteiger partial charge on any atom is 0.209 e. The fourth-order valence-electron chi connectivity index (χ4n) is 2.73. The van der Waals surface area contributed by atoms with Crippen molar-refractivity contribution >= 4 is 17.3 Å². The van der Waals surface area contributed by atoms with Crippen LogP contribution in [0.2, 0.25) is 0 Å². The number of Topliss-reactive ketones (excluding diaryl/α,β-unsaturated/α-hetero) is 3. The number of allylic oxidation sites excluding steroid dienone is 2. The van der Waals surface area contributed by atoms with Crippen molar-refractivity contribution < 1.29 is 14.4 Å². The summed E-state index contributed by atoms with van der Waals surface area (Å²) < 4.78 is 0. The van der Waals surface area contributed by atoms with Crippen LogP contribution >= 0.6 is 0 Å². The standard InChI is InChI=1S/C13H12O3.C6H10/c14-11-8-4-7-10(13(11)16)12(15)9-5-2-1-3-6-9;1-2-4-6-5-3-1/h1-3,5-6,10H,4,7-8H2;1-2H,3-6H2. The largest absolute Gasteiger partial charge is 0.293 e. The topological polar surface area (TPSA) is 51.2 Å². The quantitative estimate of drug-likeness (QED) is 0.360. The van der Waals surface area contributed by atoms with Crippen LogP contribution in [0.3, 0.4) is 0 Å². The van der Waals surface area contributed by atoms with Gasteiger partial charge < -0.3 is 0 Å². The zero-order chi connectivity index (χ0) is 15.8. The second-order valence-electron chi connectivity index (χ2n) is 5.72. The highest BCUT2D eigenvalue weighted by atomic mass is 16.2. The summed E-state index contributed by atoms with van der Waals surface area (Å²) in [6.07, 6.45) is 11.4. The van der Waals surface area contributed by atoms with Crippen molar-refractivity contribution in [1.29, 1.82) is 0 Å². The molecule has 1 fully saturated rings. The Bertz CT molecular complexity index is 549. The van der Waals surface area contributed by atoms with Crippen molar-refractivity contribution in [3.63, 3.8) is 0 Å². The van der Waals surface area contributed by atoms with Gasteiger partial charge in [0.2, 0.25) is 5.78 Å². The predicted molar refractivity (Wildman–Crippen MR) is 85.7 cm³/mol. The molecule has 3 nitrogen and oxygen atoms in total. The average molecular weight is 298 g/mol. The van der Waals surface area contributed by atoms with E-state index in [-0.39, 0.29) is 12.2 Å². The molecule has 1 aromatic rings. The number of ketones is 3. The van der Waals surface area contributed by atoms with Crippen LogP contribution in [-0.2, 0) is 9.59 Å². The summed E-state index contributed by atoms with van der Waals surface area (Å²) in [6, 6.07) is 8.67. The van der Waals surface area contributed by atoms with Gasteiger partial charge in [-0.25, -0.2) is 0 Å². The summed E-state index contributed by atoms with van der Waals surface area (Å²) in [4.78, 5) is 34.8. The minimum atomic E-state index is -0.747. The Labute approximate surface area is 131 Å². The summed E-state index contributed by atoms with van der Waals surface area (Å²) in [5.41, 5.74) is 0.510. The molecule has 0 aliphatic heterocycles. The molecular weight excluding hydrogens is 276 g/mol. The molecule has 0 spiro atoms. The van der Waals surface area contributed by atoms with Crippen molar-refractivity contribution in [2.75, 3.05) is 0 Å². The molecule has 116 valence electrons. The Balaban J connectivity index is 0.000000246. The van der Waals surface area contributed by atoms with E-state index in [4.69, 9.17) is 0 Å². The molecule has 0 heterocycles. The second kappa shape index (κ2) is 8.42. The number of rotatable bonds is 2. The summed E-state index contributed by atoms with van der Waals surface area (Å²) in [7, 11) is 0. The molecular formula is C19H22O3. The van der Waals surface area contributed by atoms with E-state index in [0.29, 0.717) is 18.4 Å². The van der Waals surface area contributed by atoms with Gasteiger partial charge in [-0.3, -0.25) is 14.4 Å². The maximum absolute atomic E-state index is 12.0. The molecule has 0 amide bonds. The maximum atomic E-state index is 12.0. The molecule has 0 saturated heterocycles. The zero-order valence-electron chi connectivity index (χ0n) is 12.8. The minimum Gasteiger partial charge on any atom is -0.293 e. The van der Waals surface area contributed by atoms with E-state index in [0.717, 1.165) is 0 Å². The number of benzene rings is 1. The normalized spacial score (nSPS) is 21.0. The van der Waals surface area contributed by atoms with Crippen LogP contribution in [0.4, 0.5) is 0 Å². The Hall–Kier alpha value is -2.03. The first kappa shape index (κ1) is 16.3. The molecule has 0 radical (unpaired) electrons. The van der Waals surface area contributed by atoms with Gasteiger partial charge in [0.1, 0.15) is 0 Å². The van der Waals surface area contributed by atoms with Crippen molar-refractivity contribution in [2.45, 2.75) is 44.9 Å². The lowest BCUT2D eigenvalue weighted by atomic mass is 9.82. The van der Waals surface area contributed by atoms with Gasteiger partial charge in [0.15, 0.2) is 11.6 Å². The average Bonchev–Trinajstić information content (AvgIpc) is 2.60. The molecule has 2 aliphatic rings. The third-order valence-electron chi connectivity index (χ3n) is 4.02. The molecule has 2 aliphatic carbocycles. The predicted octanol–water partition coefficient (Wildman–Crippen LogP) is 3.92. The van der Waals surface area contributed by atoms with Crippen molar-refractivity contribution in [3.8, 4) is 0 Å². The van der Waals surface area contributed by atoms with Gasteiger partial charge in [0, 0.05) is 12.0 Å². The zero-order valence-corrected chi connectivity index (χ0v) is 12.8. The first-order valence-electron chi connectivity index (χ1n) is 8.01. The summed E-state index contributed by atoms with van der Waals surface area (Å²) in [5.74, 6) is -1.89. The third-order valence-corrected chi connectivity index (χ3v) is 4.02. The highest BCUT2D eigenvalue weighted by Crippen LogP contribution is 2.22. The molecule has 1 unspecified atom stereocenters. The highest BCUT2D eigenvalue weighted by Gasteiger charge is 2.34.